The van der Waals surface area contributed by atoms with Crippen LogP contribution in [-0.2, 0) is 17.8 Å². The lowest BCUT2D eigenvalue weighted by atomic mass is 9.85. The Labute approximate surface area is 158 Å². The summed E-state index contributed by atoms with van der Waals surface area (Å²) in [4.78, 5) is 16.4. The van der Waals surface area contributed by atoms with Crippen molar-refractivity contribution in [2.75, 3.05) is 0 Å². The molecule has 1 N–H and O–H groups in total. The molecule has 2 heterocycles. The fourth-order valence-electron chi connectivity index (χ4n) is 3.05. The first-order valence-corrected chi connectivity index (χ1v) is 9.42. The van der Waals surface area contributed by atoms with Crippen LogP contribution in [-0.4, -0.2) is 16.0 Å². The van der Waals surface area contributed by atoms with E-state index in [2.05, 4.69) is 34.5 Å². The van der Waals surface area contributed by atoms with Crippen molar-refractivity contribution in [3.63, 3.8) is 0 Å². The average molecular weight is 365 g/mol. The van der Waals surface area contributed by atoms with Crippen LogP contribution in [0.1, 0.15) is 54.6 Å². The Hall–Kier alpha value is -2.89. The maximum absolute atomic E-state index is 12.1. The third kappa shape index (κ3) is 4.27. The van der Waals surface area contributed by atoms with Gasteiger partial charge in [0.25, 0.3) is 0 Å². The molecule has 0 aliphatic heterocycles. The smallest absolute Gasteiger partial charge is 0.229 e. The molecule has 6 heteroatoms. The summed E-state index contributed by atoms with van der Waals surface area (Å²) in [6.07, 6.45) is 4.35. The minimum Gasteiger partial charge on any atom is -0.461 e. The van der Waals surface area contributed by atoms with Gasteiger partial charge in [-0.05, 0) is 31.9 Å². The standard InChI is InChI=1S/C21H23N3O3/c1-14-5-7-15(8-6-14)18-11-9-17(26-18)10-12-20(25)22-13-19-23-21(27-24-19)16-3-2-4-16/h5-9,11,16H,2-4,10,12-13H2,1H3,(H,22,25). The molecule has 0 unspecified atom stereocenters. The molecular weight excluding hydrogens is 342 g/mol. The van der Waals surface area contributed by atoms with Crippen molar-refractivity contribution in [3.8, 4) is 11.3 Å². The topological polar surface area (TPSA) is 81.2 Å². The van der Waals surface area contributed by atoms with Crippen molar-refractivity contribution in [1.82, 2.24) is 15.5 Å². The lowest BCUT2D eigenvalue weighted by Crippen LogP contribution is -2.23. The van der Waals surface area contributed by atoms with Crippen molar-refractivity contribution in [2.24, 2.45) is 0 Å². The Bertz CT molecular complexity index is 907. The van der Waals surface area contributed by atoms with Crippen LogP contribution in [0.3, 0.4) is 0 Å². The van der Waals surface area contributed by atoms with E-state index in [0.717, 1.165) is 29.9 Å². The molecule has 1 aliphatic rings. The minimum atomic E-state index is -0.0571. The van der Waals surface area contributed by atoms with E-state index in [9.17, 15) is 4.79 Å². The molecule has 3 aromatic rings. The van der Waals surface area contributed by atoms with Gasteiger partial charge in [-0.3, -0.25) is 4.79 Å². The third-order valence-electron chi connectivity index (χ3n) is 4.98. The maximum atomic E-state index is 12.1. The second-order valence-corrected chi connectivity index (χ2v) is 7.09. The molecule has 0 bridgehead atoms. The molecule has 27 heavy (non-hydrogen) atoms. The maximum Gasteiger partial charge on any atom is 0.229 e. The number of hydrogen-bond acceptors (Lipinski definition) is 5. The zero-order chi connectivity index (χ0) is 18.6. The highest BCUT2D eigenvalue weighted by molar-refractivity contribution is 5.76. The summed E-state index contributed by atoms with van der Waals surface area (Å²) in [5.74, 6) is 3.20. The molecule has 1 saturated carbocycles. The largest absolute Gasteiger partial charge is 0.461 e. The normalized spacial score (nSPS) is 14.1. The van der Waals surface area contributed by atoms with Crippen LogP contribution in [0.15, 0.2) is 45.3 Å². The summed E-state index contributed by atoms with van der Waals surface area (Å²) >= 11 is 0. The third-order valence-corrected chi connectivity index (χ3v) is 4.98. The van der Waals surface area contributed by atoms with Crippen molar-refractivity contribution in [1.29, 1.82) is 0 Å². The van der Waals surface area contributed by atoms with Gasteiger partial charge in [0.2, 0.25) is 11.8 Å². The number of nitrogens with one attached hydrogen (secondary N) is 1. The molecule has 1 aromatic carbocycles. The van der Waals surface area contributed by atoms with E-state index in [1.807, 2.05) is 24.3 Å². The number of carbonyl (C=O) groups excluding carboxylic acids is 1. The lowest BCUT2D eigenvalue weighted by molar-refractivity contribution is -0.121. The number of benzene rings is 1. The highest BCUT2D eigenvalue weighted by Gasteiger charge is 2.25. The van der Waals surface area contributed by atoms with Crippen LogP contribution in [0, 0.1) is 6.92 Å². The van der Waals surface area contributed by atoms with E-state index >= 15 is 0 Å². The van der Waals surface area contributed by atoms with Crippen LogP contribution in [0.25, 0.3) is 11.3 Å². The number of nitrogens with zero attached hydrogens (tertiary/aromatic N) is 2. The summed E-state index contributed by atoms with van der Waals surface area (Å²) in [5.41, 5.74) is 2.25. The second kappa shape index (κ2) is 7.78. The summed E-state index contributed by atoms with van der Waals surface area (Å²) in [7, 11) is 0. The first-order valence-electron chi connectivity index (χ1n) is 9.42. The van der Waals surface area contributed by atoms with Gasteiger partial charge in [-0.25, -0.2) is 0 Å². The number of aromatic nitrogens is 2. The van der Waals surface area contributed by atoms with Crippen LogP contribution in [0.5, 0.6) is 0 Å². The second-order valence-electron chi connectivity index (χ2n) is 7.09. The fourth-order valence-corrected chi connectivity index (χ4v) is 3.05. The van der Waals surface area contributed by atoms with Gasteiger partial charge >= 0.3 is 0 Å². The van der Waals surface area contributed by atoms with Crippen molar-refractivity contribution >= 4 is 5.91 Å². The highest BCUT2D eigenvalue weighted by atomic mass is 16.5. The molecule has 140 valence electrons. The van der Waals surface area contributed by atoms with E-state index in [0.29, 0.717) is 37.0 Å². The summed E-state index contributed by atoms with van der Waals surface area (Å²) in [6, 6.07) is 12.0. The molecule has 0 radical (unpaired) electrons. The summed E-state index contributed by atoms with van der Waals surface area (Å²) in [5, 5.41) is 6.77. The van der Waals surface area contributed by atoms with E-state index in [1.54, 1.807) is 0 Å². The lowest BCUT2D eigenvalue weighted by Gasteiger charge is -2.20. The predicted octanol–water partition coefficient (Wildman–Crippen LogP) is 4.15. The van der Waals surface area contributed by atoms with Crippen LogP contribution < -0.4 is 5.32 Å². The van der Waals surface area contributed by atoms with E-state index in [4.69, 9.17) is 8.94 Å². The van der Waals surface area contributed by atoms with Gasteiger partial charge in [0.1, 0.15) is 11.5 Å². The van der Waals surface area contributed by atoms with E-state index < -0.39 is 0 Å². The number of furan rings is 1. The van der Waals surface area contributed by atoms with E-state index in [1.165, 1.54) is 12.0 Å². The van der Waals surface area contributed by atoms with Gasteiger partial charge in [-0.2, -0.15) is 4.98 Å². The van der Waals surface area contributed by atoms with Crippen LogP contribution in [0.2, 0.25) is 0 Å². The molecule has 1 amide bonds. The van der Waals surface area contributed by atoms with E-state index in [-0.39, 0.29) is 5.91 Å². The first kappa shape index (κ1) is 17.5. The monoisotopic (exact) mass is 365 g/mol. The molecular formula is C21H23N3O3. The highest BCUT2D eigenvalue weighted by Crippen LogP contribution is 2.35. The predicted molar refractivity (Wildman–Crippen MR) is 99.9 cm³/mol. The first-order chi connectivity index (χ1) is 13.2. The molecule has 0 atom stereocenters. The van der Waals surface area contributed by atoms with Gasteiger partial charge in [0, 0.05) is 24.3 Å². The number of rotatable bonds is 7. The number of carbonyl (C=O) groups is 1. The summed E-state index contributed by atoms with van der Waals surface area (Å²) < 4.78 is 11.1. The fraction of sp³-hybridized carbons (Fsp3) is 0.381. The Morgan fingerprint density at radius 3 is 2.74 bits per heavy atom. The van der Waals surface area contributed by atoms with Crippen molar-refractivity contribution in [3.05, 3.63) is 59.4 Å². The molecule has 4 rings (SSSR count). The molecule has 0 spiro atoms. The Morgan fingerprint density at radius 2 is 2.00 bits per heavy atom. The zero-order valence-corrected chi connectivity index (χ0v) is 15.4. The number of aryl methyl sites for hydroxylation is 2. The Kier molecular flexibility index (Phi) is 5.05. The Balaban J connectivity index is 1.24. The van der Waals surface area contributed by atoms with Gasteiger partial charge < -0.3 is 14.3 Å². The zero-order valence-electron chi connectivity index (χ0n) is 15.4. The summed E-state index contributed by atoms with van der Waals surface area (Å²) in [6.45, 7) is 2.35. The molecule has 6 nitrogen and oxygen atoms in total. The van der Waals surface area contributed by atoms with Gasteiger partial charge in [0.05, 0.1) is 6.54 Å². The Morgan fingerprint density at radius 1 is 1.19 bits per heavy atom. The quantitative estimate of drug-likeness (QED) is 0.680. The van der Waals surface area contributed by atoms with Gasteiger partial charge in [-0.1, -0.05) is 41.4 Å². The SMILES string of the molecule is Cc1ccc(-c2ccc(CCC(=O)NCc3noc(C4CCC4)n3)o2)cc1. The molecule has 1 aliphatic carbocycles. The number of amides is 1. The molecule has 2 aromatic heterocycles. The number of hydrogen-bond donors (Lipinski definition) is 1. The van der Waals surface area contributed by atoms with Crippen LogP contribution >= 0.6 is 0 Å². The van der Waals surface area contributed by atoms with Crippen LogP contribution in [0.4, 0.5) is 0 Å². The minimum absolute atomic E-state index is 0.0571. The van der Waals surface area contributed by atoms with Gasteiger partial charge in [-0.15, -0.1) is 0 Å². The van der Waals surface area contributed by atoms with Gasteiger partial charge in [0.15, 0.2) is 5.82 Å². The molecule has 1 fully saturated rings. The van der Waals surface area contributed by atoms with Crippen molar-refractivity contribution < 1.29 is 13.7 Å². The average Bonchev–Trinajstić information content (AvgIpc) is 3.27. The molecule has 0 saturated heterocycles. The van der Waals surface area contributed by atoms with Crippen molar-refractivity contribution in [2.45, 2.75) is 51.5 Å².